The van der Waals surface area contributed by atoms with Crippen LogP contribution in [0, 0.1) is 6.92 Å². The van der Waals surface area contributed by atoms with Crippen LogP contribution in [0.25, 0.3) is 16.7 Å². The topological polar surface area (TPSA) is 60.9 Å². The zero-order valence-corrected chi connectivity index (χ0v) is 10.5. The summed E-state index contributed by atoms with van der Waals surface area (Å²) >= 11 is 0. The number of amides is 1. The molecule has 2 aromatic carbocycles. The number of hydrogen-bond donors (Lipinski definition) is 1. The van der Waals surface area contributed by atoms with E-state index < -0.39 is 5.91 Å². The zero-order chi connectivity index (χ0) is 13.4. The molecule has 19 heavy (non-hydrogen) atoms. The van der Waals surface area contributed by atoms with E-state index in [9.17, 15) is 4.79 Å². The van der Waals surface area contributed by atoms with Gasteiger partial charge in [-0.2, -0.15) is 0 Å². The summed E-state index contributed by atoms with van der Waals surface area (Å²) in [6, 6.07) is 13.4. The van der Waals surface area contributed by atoms with Crippen LogP contribution >= 0.6 is 0 Å². The summed E-state index contributed by atoms with van der Waals surface area (Å²) in [7, 11) is 0. The molecule has 1 amide bonds. The van der Waals surface area contributed by atoms with Gasteiger partial charge in [0.15, 0.2) is 0 Å². The van der Waals surface area contributed by atoms with Crippen molar-refractivity contribution in [3.8, 4) is 5.69 Å². The van der Waals surface area contributed by atoms with Gasteiger partial charge in [0, 0.05) is 0 Å². The largest absolute Gasteiger partial charge is 0.366 e. The van der Waals surface area contributed by atoms with Crippen molar-refractivity contribution in [1.29, 1.82) is 0 Å². The maximum atomic E-state index is 11.6. The van der Waals surface area contributed by atoms with Crippen LogP contribution in [0.15, 0.2) is 48.8 Å². The number of aromatic nitrogens is 2. The number of para-hydroxylation sites is 2. The van der Waals surface area contributed by atoms with Gasteiger partial charge in [-0.05, 0) is 36.8 Å². The highest BCUT2D eigenvalue weighted by Gasteiger charge is 2.12. The summed E-state index contributed by atoms with van der Waals surface area (Å²) in [5.41, 5.74) is 9.61. The molecule has 0 fully saturated rings. The van der Waals surface area contributed by atoms with E-state index in [1.54, 1.807) is 12.4 Å². The molecule has 0 unspecified atom stereocenters. The fourth-order valence-electron chi connectivity index (χ4n) is 2.20. The Hall–Kier alpha value is -2.62. The fraction of sp³-hybridized carbons (Fsp3) is 0.0667. The molecule has 4 nitrogen and oxygen atoms in total. The van der Waals surface area contributed by atoms with Crippen LogP contribution < -0.4 is 5.73 Å². The average molecular weight is 251 g/mol. The molecule has 0 spiro atoms. The number of hydrogen-bond acceptors (Lipinski definition) is 2. The number of nitrogens with two attached hydrogens (primary N) is 1. The number of fused-ring (bicyclic) bond motifs is 1. The number of imidazole rings is 1. The Morgan fingerprint density at radius 2 is 2.00 bits per heavy atom. The van der Waals surface area contributed by atoms with Gasteiger partial charge >= 0.3 is 0 Å². The lowest BCUT2D eigenvalue weighted by molar-refractivity contribution is 0.100. The summed E-state index contributed by atoms with van der Waals surface area (Å²) in [6.45, 7) is 1.98. The quantitative estimate of drug-likeness (QED) is 0.760. The number of primary amides is 1. The first-order valence-electron chi connectivity index (χ1n) is 6.00. The third-order valence-electron chi connectivity index (χ3n) is 3.13. The lowest BCUT2D eigenvalue weighted by atomic mass is 10.1. The number of rotatable bonds is 2. The number of carbonyl (C=O) groups excluding carboxylic acids is 1. The monoisotopic (exact) mass is 251 g/mol. The predicted octanol–water partition coefficient (Wildman–Crippen LogP) is 2.43. The standard InChI is InChI=1S/C15H13N3O/c1-10-6-7-11(15(16)19)14(8-10)18-9-17-12-4-2-3-5-13(12)18/h2-9H,1H3,(H2,16,19). The van der Waals surface area contributed by atoms with E-state index in [-0.39, 0.29) is 0 Å². The van der Waals surface area contributed by atoms with Gasteiger partial charge in [-0.3, -0.25) is 9.36 Å². The van der Waals surface area contributed by atoms with E-state index in [1.807, 2.05) is 47.9 Å². The molecule has 0 aliphatic carbocycles. The van der Waals surface area contributed by atoms with Gasteiger partial charge in [-0.15, -0.1) is 0 Å². The first-order chi connectivity index (χ1) is 9.16. The highest BCUT2D eigenvalue weighted by atomic mass is 16.1. The Balaban J connectivity index is 2.32. The van der Waals surface area contributed by atoms with E-state index in [1.165, 1.54) is 0 Å². The molecule has 2 N–H and O–H groups in total. The van der Waals surface area contributed by atoms with Crippen molar-refractivity contribution in [3.63, 3.8) is 0 Å². The predicted molar refractivity (Wildman–Crippen MR) is 74.3 cm³/mol. The second-order valence-electron chi connectivity index (χ2n) is 4.49. The third-order valence-corrected chi connectivity index (χ3v) is 3.13. The maximum absolute atomic E-state index is 11.6. The first-order valence-corrected chi connectivity index (χ1v) is 6.00. The normalized spacial score (nSPS) is 10.8. The molecule has 1 heterocycles. The SMILES string of the molecule is Cc1ccc(C(N)=O)c(-n2cnc3ccccc32)c1. The molecule has 0 aliphatic heterocycles. The van der Waals surface area contributed by atoms with E-state index in [0.29, 0.717) is 5.56 Å². The van der Waals surface area contributed by atoms with Gasteiger partial charge < -0.3 is 5.73 Å². The molecule has 0 saturated heterocycles. The van der Waals surface area contributed by atoms with Crippen LogP contribution in [0.3, 0.4) is 0 Å². The lowest BCUT2D eigenvalue weighted by Gasteiger charge is -2.10. The highest BCUT2D eigenvalue weighted by Crippen LogP contribution is 2.22. The van der Waals surface area contributed by atoms with Crippen molar-refractivity contribution < 1.29 is 4.79 Å². The molecule has 0 saturated carbocycles. The molecule has 0 radical (unpaired) electrons. The number of benzene rings is 2. The number of aryl methyl sites for hydroxylation is 1. The Morgan fingerprint density at radius 3 is 2.79 bits per heavy atom. The molecule has 1 aromatic heterocycles. The van der Waals surface area contributed by atoms with Crippen LogP contribution in [-0.2, 0) is 0 Å². The van der Waals surface area contributed by atoms with Gasteiger partial charge in [-0.1, -0.05) is 18.2 Å². The molecule has 94 valence electrons. The van der Waals surface area contributed by atoms with Crippen molar-refractivity contribution in [2.45, 2.75) is 6.92 Å². The molecular weight excluding hydrogens is 238 g/mol. The Kier molecular flexibility index (Phi) is 2.56. The van der Waals surface area contributed by atoms with Crippen LogP contribution in [0.5, 0.6) is 0 Å². The van der Waals surface area contributed by atoms with Crippen molar-refractivity contribution in [3.05, 3.63) is 59.9 Å². The van der Waals surface area contributed by atoms with Crippen LogP contribution in [-0.4, -0.2) is 15.5 Å². The molecule has 3 aromatic rings. The maximum Gasteiger partial charge on any atom is 0.250 e. The van der Waals surface area contributed by atoms with Crippen molar-refractivity contribution in [2.24, 2.45) is 5.73 Å². The Morgan fingerprint density at radius 1 is 1.21 bits per heavy atom. The molecule has 0 bridgehead atoms. The molecule has 3 rings (SSSR count). The van der Waals surface area contributed by atoms with Crippen molar-refractivity contribution in [1.82, 2.24) is 9.55 Å². The Bertz CT molecular complexity index is 774. The van der Waals surface area contributed by atoms with E-state index in [2.05, 4.69) is 4.98 Å². The van der Waals surface area contributed by atoms with Crippen molar-refractivity contribution in [2.75, 3.05) is 0 Å². The van der Waals surface area contributed by atoms with Crippen molar-refractivity contribution >= 4 is 16.9 Å². The number of carbonyl (C=O) groups is 1. The minimum Gasteiger partial charge on any atom is -0.366 e. The van der Waals surface area contributed by atoms with E-state index >= 15 is 0 Å². The minimum atomic E-state index is -0.437. The van der Waals surface area contributed by atoms with Crippen LogP contribution in [0.2, 0.25) is 0 Å². The average Bonchev–Trinajstić information content (AvgIpc) is 2.82. The summed E-state index contributed by atoms with van der Waals surface area (Å²) in [6.07, 6.45) is 1.71. The summed E-state index contributed by atoms with van der Waals surface area (Å²) < 4.78 is 1.89. The van der Waals surface area contributed by atoms with Gasteiger partial charge in [0.1, 0.15) is 6.33 Å². The molecule has 0 aliphatic rings. The van der Waals surface area contributed by atoms with E-state index in [0.717, 1.165) is 22.3 Å². The number of nitrogens with zero attached hydrogens (tertiary/aromatic N) is 2. The molecule has 4 heteroatoms. The van der Waals surface area contributed by atoms with Gasteiger partial charge in [0.25, 0.3) is 5.91 Å². The molecule has 0 atom stereocenters. The highest BCUT2D eigenvalue weighted by molar-refractivity contribution is 5.97. The van der Waals surface area contributed by atoms with Crippen LogP contribution in [0.4, 0.5) is 0 Å². The second-order valence-corrected chi connectivity index (χ2v) is 4.49. The fourth-order valence-corrected chi connectivity index (χ4v) is 2.20. The summed E-state index contributed by atoms with van der Waals surface area (Å²) in [4.78, 5) is 15.9. The van der Waals surface area contributed by atoms with Crippen LogP contribution in [0.1, 0.15) is 15.9 Å². The first kappa shape index (κ1) is 11.5. The smallest absolute Gasteiger partial charge is 0.250 e. The lowest BCUT2D eigenvalue weighted by Crippen LogP contribution is -2.14. The minimum absolute atomic E-state index is 0.437. The summed E-state index contributed by atoms with van der Waals surface area (Å²) in [5, 5.41) is 0. The Labute approximate surface area is 110 Å². The van der Waals surface area contributed by atoms with Gasteiger partial charge in [0.2, 0.25) is 0 Å². The summed E-state index contributed by atoms with van der Waals surface area (Å²) in [5.74, 6) is -0.437. The van der Waals surface area contributed by atoms with Gasteiger partial charge in [0.05, 0.1) is 22.3 Å². The van der Waals surface area contributed by atoms with E-state index in [4.69, 9.17) is 5.73 Å². The third kappa shape index (κ3) is 1.87. The molecular formula is C15H13N3O. The second kappa shape index (κ2) is 4.24. The zero-order valence-electron chi connectivity index (χ0n) is 10.5. The van der Waals surface area contributed by atoms with Gasteiger partial charge in [-0.25, -0.2) is 4.98 Å².